The molecular weight excluding hydrogens is 950 g/mol. The van der Waals surface area contributed by atoms with Gasteiger partial charge in [0.1, 0.15) is 11.5 Å². The summed E-state index contributed by atoms with van der Waals surface area (Å²) < 4.78 is 10.5. The summed E-state index contributed by atoms with van der Waals surface area (Å²) >= 11 is 0. The molecule has 0 aromatic carbocycles. The Balaban J connectivity index is -0.0000000386. The molecule has 47 heavy (non-hydrogen) atoms. The minimum absolute atomic E-state index is 0. The summed E-state index contributed by atoms with van der Waals surface area (Å²) in [4.78, 5) is 61.5. The number of carbonyl (C=O) groups is 6. The molecule has 1 aromatic rings. The Hall–Kier alpha value is -2.42. The summed E-state index contributed by atoms with van der Waals surface area (Å²) in [7, 11) is 0. The first-order chi connectivity index (χ1) is 18.3. The van der Waals surface area contributed by atoms with Crippen molar-refractivity contribution in [3.63, 3.8) is 0 Å². The van der Waals surface area contributed by atoms with Gasteiger partial charge in [-0.05, 0) is 34.6 Å². The molecule has 0 aliphatic rings. The molecule has 0 unspecified atom stereocenters. The number of nitrogens with zero attached hydrogens (tertiary/aromatic N) is 2. The number of aromatic nitrogens is 2. The number of ketones is 4. The fourth-order valence-electron chi connectivity index (χ4n) is 1.79. The zero-order valence-corrected chi connectivity index (χ0v) is 34.6. The van der Waals surface area contributed by atoms with Crippen molar-refractivity contribution in [2.24, 2.45) is 5.73 Å². The van der Waals surface area contributed by atoms with Crippen molar-refractivity contribution in [3.8, 4) is 0 Å². The molecule has 0 saturated heterocycles. The van der Waals surface area contributed by atoms with Gasteiger partial charge in [-0.15, -0.1) is 18.3 Å². The van der Waals surface area contributed by atoms with E-state index in [9.17, 15) is 28.8 Å². The fourth-order valence-corrected chi connectivity index (χ4v) is 1.79. The molecule has 0 aliphatic carbocycles. The van der Waals surface area contributed by atoms with Gasteiger partial charge < -0.3 is 50.6 Å². The Labute approximate surface area is 315 Å². The monoisotopic (exact) mass is 1020 g/mol. The van der Waals surface area contributed by atoms with Crippen LogP contribution in [0.2, 0.25) is 0 Å². The number of aliphatic hydroxyl groups excluding tert-OH is 1. The van der Waals surface area contributed by atoms with Crippen molar-refractivity contribution in [3.05, 3.63) is 56.1 Å². The molecule has 0 spiro atoms. The summed E-state index contributed by atoms with van der Waals surface area (Å²) in [6, 6.07) is 2.87. The zero-order valence-electron chi connectivity index (χ0n) is 28.8. The van der Waals surface area contributed by atoms with E-state index in [2.05, 4.69) is 14.6 Å². The molecule has 0 radical (unpaired) electrons. The number of Topliss-reactive ketones (excluding diaryl/α,β-unsaturated/α-hetero) is 3. The molecule has 0 fully saturated rings. The third-order valence-corrected chi connectivity index (χ3v) is 3.47. The predicted molar refractivity (Wildman–Crippen MR) is 185 cm³/mol. The minimum Gasteiger partial charge on any atom is -0.502 e. The number of ether oxygens (including phenoxy) is 2. The number of rotatable bonds is 8. The number of nitrogens with two attached hydrogens (primary N) is 1. The van der Waals surface area contributed by atoms with Crippen molar-refractivity contribution >= 4 is 35.1 Å². The van der Waals surface area contributed by atoms with Crippen LogP contribution in [0.5, 0.6) is 0 Å². The summed E-state index contributed by atoms with van der Waals surface area (Å²) in [6.45, 7) is 21.3. The van der Waals surface area contributed by atoms with Crippen molar-refractivity contribution < 1.29 is 85.5 Å². The van der Waals surface area contributed by atoms with Gasteiger partial charge in [0.25, 0.3) is 0 Å². The Kier molecular flexibility index (Phi) is 73.0. The van der Waals surface area contributed by atoms with Gasteiger partial charge in [-0.25, -0.2) is 14.7 Å². The Morgan fingerprint density at radius 1 is 0.851 bits per heavy atom. The first-order valence-electron chi connectivity index (χ1n) is 12.4. The SMILES string of the molecule is C.C.C.CC(=O)c1cc(C)n([C-](C)C)n1.CC(C)=O.CCOC(=O)C(C)=O.CCOC(=O)C(O)=CC(C)=O.C[C-](C)CN.[CH3-].[CH3-].[W+2].[W+2]. The summed E-state index contributed by atoms with van der Waals surface area (Å²) in [6.07, 6.45) is 0.817. The Bertz CT molecular complexity index is 973. The largest absolute Gasteiger partial charge is 2.00 e. The summed E-state index contributed by atoms with van der Waals surface area (Å²) in [5.74, 6) is -1.76. The average molecular weight is 1020 g/mol. The average Bonchev–Trinajstić information content (AvgIpc) is 3.22. The van der Waals surface area contributed by atoms with E-state index >= 15 is 0 Å². The van der Waals surface area contributed by atoms with Crippen molar-refractivity contribution in [1.29, 1.82) is 0 Å². The Morgan fingerprint density at radius 2 is 1.19 bits per heavy atom. The maximum Gasteiger partial charge on any atom is 2.00 e. The first-order valence-corrected chi connectivity index (χ1v) is 12.4. The molecule has 1 aromatic heterocycles. The smallest absolute Gasteiger partial charge is 0.502 e. The molecule has 1 rings (SSSR count). The normalized spacial score (nSPS) is 8.09. The van der Waals surface area contributed by atoms with Gasteiger partial charge in [-0.2, -0.15) is 13.8 Å². The number of allylic oxidation sites excluding steroid dienone is 1. The fraction of sp³-hybridized carbons (Fsp3) is 0.545. The summed E-state index contributed by atoms with van der Waals surface area (Å²) in [5.41, 5.74) is 6.67. The molecule has 14 heteroatoms. The van der Waals surface area contributed by atoms with Gasteiger partial charge in [0, 0.05) is 19.9 Å². The van der Waals surface area contributed by atoms with Crippen LogP contribution in [0.1, 0.15) is 115 Å². The van der Waals surface area contributed by atoms with Crippen LogP contribution in [0.3, 0.4) is 0 Å². The molecule has 0 amide bonds. The van der Waals surface area contributed by atoms with E-state index in [1.165, 1.54) is 40.5 Å². The third kappa shape index (κ3) is 53.3. The molecule has 0 saturated carbocycles. The van der Waals surface area contributed by atoms with Crippen LogP contribution in [0, 0.1) is 33.7 Å². The van der Waals surface area contributed by atoms with Crippen LogP contribution in [0.4, 0.5) is 0 Å². The number of aliphatic hydroxyl groups is 1. The second kappa shape index (κ2) is 45.7. The summed E-state index contributed by atoms with van der Waals surface area (Å²) in [5, 5.41) is 12.9. The molecule has 0 bridgehead atoms. The van der Waals surface area contributed by atoms with Crippen LogP contribution in [-0.2, 0) is 75.6 Å². The molecular formula is C33H65N3O9W2. The molecule has 278 valence electrons. The van der Waals surface area contributed by atoms with E-state index in [-0.39, 0.29) is 104 Å². The van der Waals surface area contributed by atoms with Gasteiger partial charge in [-0.1, -0.05) is 49.1 Å². The van der Waals surface area contributed by atoms with Gasteiger partial charge in [0.2, 0.25) is 11.5 Å². The molecule has 3 N–H and O–H groups in total. The van der Waals surface area contributed by atoms with Gasteiger partial charge in [-0.3, -0.25) is 14.4 Å². The second-order valence-corrected chi connectivity index (χ2v) is 8.54. The molecule has 12 nitrogen and oxygen atoms in total. The molecule has 0 aliphatic heterocycles. The standard InChI is InChI=1S/C9H13N2O.C7H10O4.C5H8O3.C4H10N.C3H6O.3CH4.2CH3.2W/c1-6(2)11-7(3)5-9(10-11)8(4)12;1-3-11-7(10)6(9)4-5(2)8;1-3-8-5(7)4(2)6;1-4(2)3-5;1-3(2)4;;;;;;;/h5H,1-4H3;4,9H,3H2,1-2H3;3H2,1-2H3;3,5H2,1-2H3;1-2H3;3*1H4;2*1H3;;/q-1;;;-1;;;;;2*-1;2*+2. The van der Waals surface area contributed by atoms with Crippen LogP contribution < -0.4 is 5.73 Å². The number of hydrogen-bond donors (Lipinski definition) is 2. The number of esters is 2. The van der Waals surface area contributed by atoms with Crippen LogP contribution in [-0.4, -0.2) is 69.7 Å². The second-order valence-electron chi connectivity index (χ2n) is 8.54. The van der Waals surface area contributed by atoms with Crippen molar-refractivity contribution in [1.82, 2.24) is 9.78 Å². The zero-order chi connectivity index (χ0) is 32.6. The van der Waals surface area contributed by atoms with Crippen molar-refractivity contribution in [2.75, 3.05) is 19.8 Å². The quantitative estimate of drug-likeness (QED) is 0.0725. The van der Waals surface area contributed by atoms with E-state index in [1.807, 2.05) is 34.6 Å². The topological polar surface area (TPSA) is 185 Å². The minimum atomic E-state index is -0.872. The van der Waals surface area contributed by atoms with Crippen LogP contribution in [0.15, 0.2) is 17.9 Å². The van der Waals surface area contributed by atoms with E-state index in [0.717, 1.165) is 24.4 Å². The van der Waals surface area contributed by atoms with E-state index in [1.54, 1.807) is 24.6 Å². The van der Waals surface area contributed by atoms with Crippen LogP contribution >= 0.6 is 0 Å². The van der Waals surface area contributed by atoms with Crippen LogP contribution in [0.25, 0.3) is 0 Å². The maximum absolute atomic E-state index is 10.9. The molecule has 1 heterocycles. The first kappa shape index (κ1) is 75.1. The van der Waals surface area contributed by atoms with E-state index < -0.39 is 29.3 Å². The van der Waals surface area contributed by atoms with Crippen molar-refractivity contribution in [2.45, 2.75) is 105 Å². The van der Waals surface area contributed by atoms with Gasteiger partial charge >= 0.3 is 54.1 Å². The van der Waals surface area contributed by atoms with E-state index in [4.69, 9.17) is 10.8 Å². The number of carbonyl (C=O) groups excluding carboxylic acids is 6. The van der Waals surface area contributed by atoms with Gasteiger partial charge in [0.15, 0.2) is 11.6 Å². The van der Waals surface area contributed by atoms with Gasteiger partial charge in [0.05, 0.1) is 13.2 Å². The Morgan fingerprint density at radius 3 is 1.36 bits per heavy atom. The molecule has 0 atom stereocenters. The third-order valence-electron chi connectivity index (χ3n) is 3.47. The maximum atomic E-state index is 10.9. The number of hydrogen-bond acceptors (Lipinski definition) is 11. The van der Waals surface area contributed by atoms with E-state index in [0.29, 0.717) is 5.69 Å². The number of aryl methyl sites for hydroxylation is 1. The predicted octanol–water partition coefficient (Wildman–Crippen LogP) is 6.49.